The summed E-state index contributed by atoms with van der Waals surface area (Å²) in [7, 11) is -7.33. The van der Waals surface area contributed by atoms with Gasteiger partial charge in [-0.15, -0.1) is 0 Å². The highest BCUT2D eigenvalue weighted by atomic mass is 32.2. The van der Waals surface area contributed by atoms with Gasteiger partial charge in [-0.3, -0.25) is 19.1 Å². The lowest BCUT2D eigenvalue weighted by Crippen LogP contribution is -2.14. The SMILES string of the molecule is CS(=O)(=O)O.CS(=O)(=O)O.Cc1cc(N=C(N)c2ccccn2)ccc1-c1ccc(-c2ccc(N=C(N)c3ccccn3)cc2OC(C)C)o1. The normalized spacial score (nSPS) is 12.0. The Balaban J connectivity index is 0.000000595. The van der Waals surface area contributed by atoms with E-state index in [1.54, 1.807) is 12.4 Å². The molecular weight excluding hydrogens is 685 g/mol. The van der Waals surface area contributed by atoms with E-state index in [0.29, 0.717) is 52.8 Å². The molecule has 50 heavy (non-hydrogen) atoms. The summed E-state index contributed by atoms with van der Waals surface area (Å²) in [6.07, 6.45) is 4.76. The molecule has 0 atom stereocenters. The van der Waals surface area contributed by atoms with Crippen LogP contribution in [0.5, 0.6) is 5.75 Å². The molecular formula is C34H38N6O8S2. The summed E-state index contributed by atoms with van der Waals surface area (Å²) in [4.78, 5) is 17.6. The minimum absolute atomic E-state index is 0.0468. The molecule has 5 aromatic rings. The third-order valence-electron chi connectivity index (χ3n) is 6.03. The van der Waals surface area contributed by atoms with Crippen LogP contribution in [-0.4, -0.2) is 66.2 Å². The quantitative estimate of drug-likeness (QED) is 0.0873. The van der Waals surface area contributed by atoms with Gasteiger partial charge in [-0.05, 0) is 93.1 Å². The lowest BCUT2D eigenvalue weighted by molar-refractivity contribution is 0.243. The summed E-state index contributed by atoms with van der Waals surface area (Å²) in [6, 6.07) is 26.5. The van der Waals surface area contributed by atoms with Crippen molar-refractivity contribution in [3.63, 3.8) is 0 Å². The zero-order valence-electron chi connectivity index (χ0n) is 27.9. The maximum atomic E-state index is 9.19. The van der Waals surface area contributed by atoms with Crippen molar-refractivity contribution in [3.05, 3.63) is 114 Å². The van der Waals surface area contributed by atoms with Gasteiger partial charge in [-0.25, -0.2) is 9.98 Å². The Bertz CT molecular complexity index is 2120. The Hall–Kier alpha value is -5.42. The zero-order chi connectivity index (χ0) is 37.1. The number of nitrogens with two attached hydrogens (primary N) is 2. The van der Waals surface area contributed by atoms with Gasteiger partial charge in [0.2, 0.25) is 0 Å². The van der Waals surface area contributed by atoms with Crippen LogP contribution >= 0.6 is 0 Å². The van der Waals surface area contributed by atoms with Crippen LogP contribution in [0.2, 0.25) is 0 Å². The molecule has 5 rings (SSSR count). The molecule has 0 saturated carbocycles. The van der Waals surface area contributed by atoms with Crippen molar-refractivity contribution in [3.8, 4) is 28.4 Å². The number of ether oxygens (including phenoxy) is 1. The van der Waals surface area contributed by atoms with E-state index in [9.17, 15) is 16.8 Å². The lowest BCUT2D eigenvalue weighted by atomic mass is 10.1. The van der Waals surface area contributed by atoms with Gasteiger partial charge in [-0.1, -0.05) is 12.1 Å². The predicted molar refractivity (Wildman–Crippen MR) is 194 cm³/mol. The summed E-state index contributed by atoms with van der Waals surface area (Å²) in [5.74, 6) is 2.75. The molecule has 3 heterocycles. The van der Waals surface area contributed by atoms with E-state index < -0.39 is 20.2 Å². The minimum atomic E-state index is -3.67. The van der Waals surface area contributed by atoms with Crippen LogP contribution in [0.25, 0.3) is 22.6 Å². The lowest BCUT2D eigenvalue weighted by Gasteiger charge is -2.14. The van der Waals surface area contributed by atoms with Crippen molar-refractivity contribution in [2.75, 3.05) is 12.5 Å². The number of pyridine rings is 2. The average molecular weight is 723 g/mol. The summed E-state index contributed by atoms with van der Waals surface area (Å²) >= 11 is 0. The highest BCUT2D eigenvalue weighted by molar-refractivity contribution is 7.85. The number of hydrogen-bond donors (Lipinski definition) is 4. The van der Waals surface area contributed by atoms with Crippen LogP contribution < -0.4 is 16.2 Å². The van der Waals surface area contributed by atoms with E-state index in [1.807, 2.05) is 106 Å². The number of hydrogen-bond acceptors (Lipinski definition) is 10. The number of furan rings is 1. The molecule has 0 aliphatic rings. The van der Waals surface area contributed by atoms with Crippen LogP contribution in [0.1, 0.15) is 30.8 Å². The second kappa shape index (κ2) is 17.3. The second-order valence-electron chi connectivity index (χ2n) is 10.9. The van der Waals surface area contributed by atoms with Crippen LogP contribution in [0.15, 0.2) is 112 Å². The molecule has 16 heteroatoms. The predicted octanol–water partition coefficient (Wildman–Crippen LogP) is 5.58. The Labute approximate surface area is 291 Å². The van der Waals surface area contributed by atoms with E-state index in [1.165, 1.54) is 0 Å². The first kappa shape index (κ1) is 39.0. The van der Waals surface area contributed by atoms with Crippen molar-refractivity contribution < 1.29 is 35.1 Å². The van der Waals surface area contributed by atoms with Crippen LogP contribution in [0.4, 0.5) is 11.4 Å². The molecule has 264 valence electrons. The number of aromatic nitrogens is 2. The number of nitrogens with zero attached hydrogens (tertiary/aromatic N) is 4. The number of aryl methyl sites for hydroxylation is 1. The van der Waals surface area contributed by atoms with E-state index >= 15 is 0 Å². The number of aliphatic imine (C=N–C) groups is 2. The van der Waals surface area contributed by atoms with Gasteiger partial charge in [0, 0.05) is 24.0 Å². The first-order valence-electron chi connectivity index (χ1n) is 14.8. The highest BCUT2D eigenvalue weighted by Gasteiger charge is 2.16. The Kier molecular flexibility index (Phi) is 13.5. The van der Waals surface area contributed by atoms with Gasteiger partial charge in [0.1, 0.15) is 40.3 Å². The molecule has 3 aromatic heterocycles. The maximum absolute atomic E-state index is 9.19. The van der Waals surface area contributed by atoms with E-state index in [-0.39, 0.29) is 6.10 Å². The standard InChI is InChI=1S/C32H30N6O2.2CH4O3S/c1-20(2)39-30-19-23(38-32(34)27-9-5-7-17-36-27)11-13-25(30)29-15-14-28(40-29)24-12-10-22(18-21(24)3)37-31(33)26-8-4-6-16-35-26;2*1-5(2,3)4/h4-20H,1-3H3,(H2,33,37)(H2,34,38);2*1H3,(H,2,3,4). The highest BCUT2D eigenvalue weighted by Crippen LogP contribution is 2.38. The fourth-order valence-electron chi connectivity index (χ4n) is 4.18. The van der Waals surface area contributed by atoms with Gasteiger partial charge in [0.15, 0.2) is 0 Å². The largest absolute Gasteiger partial charge is 0.490 e. The molecule has 0 aliphatic carbocycles. The smallest absolute Gasteiger partial charge is 0.261 e. The van der Waals surface area contributed by atoms with Crippen LogP contribution in [0.3, 0.4) is 0 Å². The third-order valence-corrected chi connectivity index (χ3v) is 6.03. The van der Waals surface area contributed by atoms with Crippen molar-refractivity contribution in [2.24, 2.45) is 21.5 Å². The van der Waals surface area contributed by atoms with Gasteiger partial charge in [0.05, 0.1) is 35.6 Å². The minimum Gasteiger partial charge on any atom is -0.490 e. The first-order chi connectivity index (χ1) is 23.4. The Morgan fingerprint density at radius 1 is 0.720 bits per heavy atom. The molecule has 0 aliphatic heterocycles. The van der Waals surface area contributed by atoms with Gasteiger partial charge in [-0.2, -0.15) is 16.8 Å². The fraction of sp³-hybridized carbons (Fsp3) is 0.176. The van der Waals surface area contributed by atoms with Gasteiger partial charge < -0.3 is 20.6 Å². The molecule has 0 unspecified atom stereocenters. The Morgan fingerprint density at radius 3 is 1.58 bits per heavy atom. The van der Waals surface area contributed by atoms with Crippen molar-refractivity contribution >= 4 is 43.3 Å². The molecule has 14 nitrogen and oxygen atoms in total. The molecule has 6 N–H and O–H groups in total. The Morgan fingerprint density at radius 2 is 1.16 bits per heavy atom. The fourth-order valence-corrected chi connectivity index (χ4v) is 4.18. The second-order valence-corrected chi connectivity index (χ2v) is 13.8. The van der Waals surface area contributed by atoms with E-state index in [2.05, 4.69) is 20.0 Å². The number of rotatable bonds is 8. The summed E-state index contributed by atoms with van der Waals surface area (Å²) < 4.78 is 64.2. The van der Waals surface area contributed by atoms with E-state index in [4.69, 9.17) is 29.7 Å². The molecule has 0 fully saturated rings. The van der Waals surface area contributed by atoms with Crippen molar-refractivity contribution in [2.45, 2.75) is 26.9 Å². The molecule has 0 bridgehead atoms. The first-order valence-corrected chi connectivity index (χ1v) is 18.4. The molecule has 0 amide bonds. The molecule has 0 radical (unpaired) electrons. The average Bonchev–Trinajstić information content (AvgIpc) is 3.50. The van der Waals surface area contributed by atoms with Crippen molar-refractivity contribution in [1.29, 1.82) is 0 Å². The van der Waals surface area contributed by atoms with Crippen LogP contribution in [-0.2, 0) is 20.2 Å². The number of amidine groups is 2. The summed E-state index contributed by atoms with van der Waals surface area (Å²) in [5.41, 5.74) is 17.8. The van der Waals surface area contributed by atoms with Gasteiger partial charge >= 0.3 is 0 Å². The van der Waals surface area contributed by atoms with Gasteiger partial charge in [0.25, 0.3) is 20.2 Å². The zero-order valence-corrected chi connectivity index (χ0v) is 29.6. The molecule has 2 aromatic carbocycles. The van der Waals surface area contributed by atoms with Crippen molar-refractivity contribution in [1.82, 2.24) is 9.97 Å². The third kappa shape index (κ3) is 13.6. The maximum Gasteiger partial charge on any atom is 0.261 e. The molecule has 0 spiro atoms. The topological polar surface area (TPSA) is 234 Å². The monoisotopic (exact) mass is 722 g/mol. The van der Waals surface area contributed by atoms with E-state index in [0.717, 1.165) is 28.1 Å². The molecule has 0 saturated heterocycles. The number of benzene rings is 2. The summed E-state index contributed by atoms with van der Waals surface area (Å²) in [5, 5.41) is 0. The summed E-state index contributed by atoms with van der Waals surface area (Å²) in [6.45, 7) is 5.96. The van der Waals surface area contributed by atoms with Crippen LogP contribution in [0, 0.1) is 6.92 Å².